The largest absolute Gasteiger partial charge is 0.480 e. The quantitative estimate of drug-likeness (QED) is 0.493. The number of nitrogens with zero attached hydrogens (tertiary/aromatic N) is 1. The number of allylic oxidation sites excluding steroid dienone is 3. The summed E-state index contributed by atoms with van der Waals surface area (Å²) in [6.07, 6.45) is 4.55. The van der Waals surface area contributed by atoms with E-state index >= 15 is 0 Å². The van der Waals surface area contributed by atoms with Gasteiger partial charge in [-0.1, -0.05) is 60.7 Å². The van der Waals surface area contributed by atoms with Crippen molar-refractivity contribution in [1.82, 2.24) is 10.2 Å². The Labute approximate surface area is 196 Å². The van der Waals surface area contributed by atoms with Crippen LogP contribution in [0.2, 0.25) is 0 Å². The lowest BCUT2D eigenvalue weighted by atomic mass is 9.94. The highest BCUT2D eigenvalue weighted by Crippen LogP contribution is 2.35. The smallest absolute Gasteiger partial charge is 0.326 e. The van der Waals surface area contributed by atoms with Gasteiger partial charge in [-0.3, -0.25) is 4.79 Å². The first-order valence-electron chi connectivity index (χ1n) is 10.5. The van der Waals surface area contributed by atoms with Crippen molar-refractivity contribution in [2.75, 3.05) is 0 Å². The van der Waals surface area contributed by atoms with Crippen LogP contribution in [0.4, 0.5) is 0 Å². The Morgan fingerprint density at radius 2 is 1.59 bits per heavy atom. The number of carboxylic acids is 1. The maximum absolute atomic E-state index is 13.0. The van der Waals surface area contributed by atoms with Crippen LogP contribution < -0.4 is 11.1 Å². The van der Waals surface area contributed by atoms with Crippen LogP contribution in [-0.2, 0) is 19.2 Å². The number of nitrogens with two attached hydrogens (primary N) is 1. The molecule has 34 heavy (non-hydrogen) atoms. The molecule has 0 aromatic heterocycles. The van der Waals surface area contributed by atoms with Gasteiger partial charge in [0.05, 0.1) is 17.3 Å². The molecule has 1 unspecified atom stereocenters. The van der Waals surface area contributed by atoms with Gasteiger partial charge >= 0.3 is 5.97 Å². The summed E-state index contributed by atoms with van der Waals surface area (Å²) < 4.78 is 0. The van der Waals surface area contributed by atoms with Gasteiger partial charge in [-0.25, -0.2) is 14.4 Å². The van der Waals surface area contributed by atoms with Crippen molar-refractivity contribution in [3.63, 3.8) is 0 Å². The average Bonchev–Trinajstić information content (AvgIpc) is 2.87. The fraction of sp³-hybridized carbons (Fsp3) is 0.154. The number of amides is 1. The number of hydrogen-bond donors (Lipinski definition) is 3. The third-order valence-electron chi connectivity index (χ3n) is 5.31. The Morgan fingerprint density at radius 1 is 1.00 bits per heavy atom. The Balaban J connectivity index is 1.92. The molecule has 1 aliphatic rings. The van der Waals surface area contributed by atoms with Crippen LogP contribution in [-0.4, -0.2) is 39.8 Å². The van der Waals surface area contributed by atoms with E-state index in [2.05, 4.69) is 5.32 Å². The monoisotopic (exact) mass is 457 g/mol. The highest BCUT2D eigenvalue weighted by atomic mass is 16.4. The van der Waals surface area contributed by atoms with E-state index in [-0.39, 0.29) is 29.8 Å². The molecule has 0 bridgehead atoms. The van der Waals surface area contributed by atoms with Gasteiger partial charge in [-0.15, -0.1) is 0 Å². The summed E-state index contributed by atoms with van der Waals surface area (Å²) in [4.78, 5) is 48.9. The lowest BCUT2D eigenvalue weighted by molar-refractivity contribution is -0.141. The molecule has 1 amide bonds. The lowest BCUT2D eigenvalue weighted by Gasteiger charge is -2.34. The molecule has 0 spiro atoms. The summed E-state index contributed by atoms with van der Waals surface area (Å²) in [6, 6.07) is 17.2. The molecule has 0 saturated heterocycles. The standard InChI is InChI=1S/C26H23N3O5/c27-20(16-30)13-14-22(26(33)34)28-25(32)21-12-7-15-29(23(21)17-31)24(18-8-3-1-4-9-18)19-10-5-2-6-11-19/h1-12,15,22,24H,13-14,27H2,(H,28,32)(H,33,34). The van der Waals surface area contributed by atoms with Gasteiger partial charge in [0, 0.05) is 12.6 Å². The highest BCUT2D eigenvalue weighted by molar-refractivity contribution is 6.02. The van der Waals surface area contributed by atoms with Crippen molar-refractivity contribution in [2.24, 2.45) is 5.73 Å². The summed E-state index contributed by atoms with van der Waals surface area (Å²) in [6.45, 7) is 0. The number of nitrogens with one attached hydrogen (secondary N) is 1. The van der Waals surface area contributed by atoms with E-state index in [1.807, 2.05) is 66.6 Å². The van der Waals surface area contributed by atoms with E-state index in [0.717, 1.165) is 11.1 Å². The molecule has 8 heteroatoms. The molecule has 1 atom stereocenters. The maximum Gasteiger partial charge on any atom is 0.326 e. The Hall–Kier alpha value is -4.64. The number of carbonyl (C=O) groups is 2. The van der Waals surface area contributed by atoms with Gasteiger partial charge in [0.25, 0.3) is 5.91 Å². The van der Waals surface area contributed by atoms with Crippen LogP contribution in [0.1, 0.15) is 30.0 Å². The molecule has 3 rings (SSSR count). The third-order valence-corrected chi connectivity index (χ3v) is 5.31. The van der Waals surface area contributed by atoms with Gasteiger partial charge in [-0.05, 0) is 29.7 Å². The number of aliphatic carboxylic acids is 1. The number of rotatable bonds is 9. The minimum atomic E-state index is -1.31. The van der Waals surface area contributed by atoms with Gasteiger partial charge < -0.3 is 21.1 Å². The van der Waals surface area contributed by atoms with E-state index in [1.165, 1.54) is 12.0 Å². The summed E-state index contributed by atoms with van der Waals surface area (Å²) in [5.41, 5.74) is 6.96. The Bertz CT molecular complexity index is 1170. The summed E-state index contributed by atoms with van der Waals surface area (Å²) in [5, 5.41) is 11.9. The van der Waals surface area contributed by atoms with Crippen molar-refractivity contribution in [2.45, 2.75) is 24.9 Å². The molecule has 0 radical (unpaired) electrons. The van der Waals surface area contributed by atoms with Crippen LogP contribution in [0.25, 0.3) is 0 Å². The van der Waals surface area contributed by atoms with Gasteiger partial charge in [0.2, 0.25) is 0 Å². The summed E-state index contributed by atoms with van der Waals surface area (Å²) >= 11 is 0. The zero-order chi connectivity index (χ0) is 24.5. The molecule has 8 nitrogen and oxygen atoms in total. The predicted molar refractivity (Wildman–Crippen MR) is 125 cm³/mol. The van der Waals surface area contributed by atoms with Crippen molar-refractivity contribution in [3.8, 4) is 0 Å². The second kappa shape index (κ2) is 11.3. The molecule has 172 valence electrons. The van der Waals surface area contributed by atoms with Gasteiger partial charge in [-0.2, -0.15) is 0 Å². The topological polar surface area (TPSA) is 130 Å². The van der Waals surface area contributed by atoms with E-state index in [4.69, 9.17) is 5.73 Å². The fourth-order valence-electron chi connectivity index (χ4n) is 3.66. The first-order chi connectivity index (χ1) is 16.5. The number of carboxylic acid groups (broad SMARTS) is 1. The first kappa shape index (κ1) is 24.0. The van der Waals surface area contributed by atoms with E-state index < -0.39 is 24.0 Å². The summed E-state index contributed by atoms with van der Waals surface area (Å²) in [5.74, 6) is 1.31. The number of benzene rings is 2. The molecule has 0 fully saturated rings. The molecule has 0 saturated carbocycles. The summed E-state index contributed by atoms with van der Waals surface area (Å²) in [7, 11) is 0. The second-order valence-corrected chi connectivity index (χ2v) is 7.53. The minimum Gasteiger partial charge on any atom is -0.480 e. The number of carbonyl (C=O) groups excluding carboxylic acids is 3. The molecular weight excluding hydrogens is 434 g/mol. The van der Waals surface area contributed by atoms with E-state index in [1.54, 1.807) is 17.2 Å². The Kier molecular flexibility index (Phi) is 7.97. The zero-order valence-electron chi connectivity index (χ0n) is 18.2. The van der Waals surface area contributed by atoms with E-state index in [0.29, 0.717) is 0 Å². The molecule has 4 N–H and O–H groups in total. The van der Waals surface area contributed by atoms with Gasteiger partial charge in [0.15, 0.2) is 5.94 Å². The van der Waals surface area contributed by atoms with Crippen LogP contribution in [0.15, 0.2) is 96.0 Å². The molecular formula is C26H23N3O5. The average molecular weight is 457 g/mol. The van der Waals surface area contributed by atoms with Crippen LogP contribution in [0.3, 0.4) is 0 Å². The van der Waals surface area contributed by atoms with E-state index in [9.17, 15) is 24.3 Å². The van der Waals surface area contributed by atoms with Crippen molar-refractivity contribution in [3.05, 3.63) is 107 Å². The van der Waals surface area contributed by atoms with Crippen molar-refractivity contribution in [1.29, 1.82) is 0 Å². The van der Waals surface area contributed by atoms with Crippen LogP contribution in [0.5, 0.6) is 0 Å². The maximum atomic E-state index is 13.0. The van der Waals surface area contributed by atoms with Crippen molar-refractivity contribution >= 4 is 23.8 Å². The lowest BCUT2D eigenvalue weighted by Crippen LogP contribution is -2.43. The fourth-order valence-corrected chi connectivity index (χ4v) is 3.66. The molecule has 2 aromatic rings. The predicted octanol–water partition coefficient (Wildman–Crippen LogP) is 2.27. The normalized spacial score (nSPS) is 13.5. The van der Waals surface area contributed by atoms with Crippen LogP contribution in [0, 0.1) is 0 Å². The molecule has 0 aliphatic carbocycles. The van der Waals surface area contributed by atoms with Gasteiger partial charge in [0.1, 0.15) is 17.7 Å². The second-order valence-electron chi connectivity index (χ2n) is 7.53. The Morgan fingerprint density at radius 3 is 2.09 bits per heavy atom. The number of hydrogen-bond acceptors (Lipinski definition) is 6. The highest BCUT2D eigenvalue weighted by Gasteiger charge is 2.31. The molecule has 2 aromatic carbocycles. The molecule has 1 heterocycles. The van der Waals surface area contributed by atoms with Crippen LogP contribution >= 0.6 is 0 Å². The third kappa shape index (κ3) is 5.58. The zero-order valence-corrected chi connectivity index (χ0v) is 18.2. The molecule has 1 aliphatic heterocycles. The minimum absolute atomic E-state index is 0.0282. The SMILES string of the molecule is NC(=C=O)CCC(NC(=O)C1=CC=CN(C(c2ccccc2)c2ccccc2)C1=C=O)C(=O)O. The first-order valence-corrected chi connectivity index (χ1v) is 10.5. The van der Waals surface area contributed by atoms with Crippen molar-refractivity contribution < 1.29 is 24.3 Å².